The van der Waals surface area contributed by atoms with Crippen LogP contribution in [0.5, 0.6) is 0 Å². The molecule has 11 heteroatoms. The summed E-state index contributed by atoms with van der Waals surface area (Å²) in [5.74, 6) is -0.103. The van der Waals surface area contributed by atoms with Crippen LogP contribution in [0.1, 0.15) is 19.3 Å². The quantitative estimate of drug-likeness (QED) is 0.353. The van der Waals surface area contributed by atoms with Crippen LogP contribution in [-0.4, -0.2) is 75.3 Å². The molecule has 0 unspecified atom stereocenters. The third-order valence-corrected chi connectivity index (χ3v) is 7.87. The molecule has 0 aliphatic heterocycles. The third-order valence-electron chi connectivity index (χ3n) is 3.04. The first-order valence-electron chi connectivity index (χ1n) is 8.09. The number of hydrogen-bond acceptors (Lipinski definition) is 8. The van der Waals surface area contributed by atoms with Crippen LogP contribution < -0.4 is 0 Å². The smallest absolute Gasteiger partial charge is 0.500 e. The van der Waals surface area contributed by atoms with Gasteiger partial charge >= 0.3 is 18.3 Å². The van der Waals surface area contributed by atoms with Crippen molar-refractivity contribution in [1.82, 2.24) is 0 Å². The molecule has 25 heavy (non-hydrogen) atoms. The summed E-state index contributed by atoms with van der Waals surface area (Å²) < 4.78 is 35.5. The Bertz CT molecular complexity index is 317. The monoisotopic (exact) mass is 416 g/mol. The minimum Gasteiger partial charge on any atom is -0.520 e. The number of hydrogen-bond donors (Lipinski definition) is 0. The molecule has 0 amide bonds. The second-order valence-electron chi connectivity index (χ2n) is 6.08. The van der Waals surface area contributed by atoms with E-state index in [9.17, 15) is 4.79 Å². The highest BCUT2D eigenvalue weighted by molar-refractivity contribution is 6.71. The van der Waals surface area contributed by atoms with E-state index < -0.39 is 26.6 Å². The van der Waals surface area contributed by atoms with Gasteiger partial charge in [-0.05, 0) is 32.5 Å². The first kappa shape index (κ1) is 27.1. The molecule has 0 aliphatic rings. The van der Waals surface area contributed by atoms with Crippen LogP contribution in [-0.2, 0) is 35.8 Å². The average molecular weight is 417 g/mol. The van der Waals surface area contributed by atoms with Crippen LogP contribution in [0, 0.1) is 0 Å². The average Bonchev–Trinajstić information content (AvgIpc) is 2.56. The Morgan fingerprint density at radius 1 is 0.800 bits per heavy atom. The third kappa shape index (κ3) is 14.7. The highest BCUT2D eigenvalue weighted by Gasteiger charge is 2.36. The molecule has 0 saturated carbocycles. The first-order chi connectivity index (χ1) is 11.6. The number of unbranched alkanes of at least 4 members (excludes halogenated alkanes) is 1. The molecule has 0 aromatic heterocycles. The molecule has 0 aromatic carbocycles. The molecule has 0 fully saturated rings. The minimum atomic E-state index is -2.48. The van der Waals surface area contributed by atoms with Crippen LogP contribution in [0.2, 0.25) is 25.7 Å². The highest BCUT2D eigenvalue weighted by Crippen LogP contribution is 2.17. The Morgan fingerprint density at radius 2 is 1.24 bits per heavy atom. The molecule has 0 aliphatic carbocycles. The van der Waals surface area contributed by atoms with Crippen molar-refractivity contribution in [3.8, 4) is 0 Å². The van der Waals surface area contributed by atoms with Crippen LogP contribution >= 0.6 is 0 Å². The summed E-state index contributed by atoms with van der Waals surface area (Å²) in [6.45, 7) is 6.01. The molecular weight excluding hydrogens is 380 g/mol. The fourth-order valence-corrected chi connectivity index (χ4v) is 5.01. The Balaban J connectivity index is 0. The molecule has 152 valence electrons. The van der Waals surface area contributed by atoms with Crippen LogP contribution in [0.25, 0.3) is 0 Å². The molecule has 0 spiro atoms. The van der Waals surface area contributed by atoms with Gasteiger partial charge in [0.15, 0.2) is 0 Å². The van der Waals surface area contributed by atoms with E-state index in [1.54, 1.807) is 42.7 Å². The standard InChI is InChI=1S/C11H26O5Si2.C3H10O3Si/c1-13-18(14-2,15-3)10-8-7-9-11(12)16-17(4,5)6;1-4-7(5-2)6-3/h7-10H2,1-6H3;7H,1-3H3. The maximum absolute atomic E-state index is 11.5. The molecule has 0 heterocycles. The van der Waals surface area contributed by atoms with Crippen molar-refractivity contribution in [2.75, 3.05) is 42.7 Å². The molecule has 8 nitrogen and oxygen atoms in total. The van der Waals surface area contributed by atoms with E-state index in [4.69, 9.17) is 31.0 Å². The molecule has 0 radical (unpaired) electrons. The van der Waals surface area contributed by atoms with E-state index in [1.165, 1.54) is 0 Å². The molecule has 0 N–H and O–H groups in total. The molecule has 0 rings (SSSR count). The van der Waals surface area contributed by atoms with E-state index in [1.807, 2.05) is 19.6 Å². The zero-order chi connectivity index (χ0) is 19.9. The zero-order valence-electron chi connectivity index (χ0n) is 17.2. The van der Waals surface area contributed by atoms with Gasteiger partial charge < -0.3 is 31.0 Å². The number of carbonyl (C=O) groups is 1. The van der Waals surface area contributed by atoms with Crippen molar-refractivity contribution in [1.29, 1.82) is 0 Å². The maximum Gasteiger partial charge on any atom is 0.500 e. The maximum atomic E-state index is 11.5. The lowest BCUT2D eigenvalue weighted by atomic mass is 10.2. The van der Waals surface area contributed by atoms with E-state index in [0.29, 0.717) is 6.42 Å². The summed E-state index contributed by atoms with van der Waals surface area (Å²) in [7, 11) is 3.60. The van der Waals surface area contributed by atoms with E-state index in [-0.39, 0.29) is 5.97 Å². The highest BCUT2D eigenvalue weighted by atomic mass is 28.4. The van der Waals surface area contributed by atoms with Gasteiger partial charge in [-0.15, -0.1) is 0 Å². The van der Waals surface area contributed by atoms with Crippen molar-refractivity contribution < 1.29 is 35.8 Å². The van der Waals surface area contributed by atoms with Crippen LogP contribution in [0.15, 0.2) is 0 Å². The number of rotatable bonds is 12. The molecule has 0 saturated heterocycles. The van der Waals surface area contributed by atoms with Gasteiger partial charge in [-0.3, -0.25) is 4.79 Å². The van der Waals surface area contributed by atoms with Crippen molar-refractivity contribution >= 4 is 32.6 Å². The Hall–Kier alpha value is -0.119. The van der Waals surface area contributed by atoms with Crippen molar-refractivity contribution in [2.24, 2.45) is 0 Å². The topological polar surface area (TPSA) is 81.7 Å². The fraction of sp³-hybridized carbons (Fsp3) is 0.929. The summed E-state index contributed by atoms with van der Waals surface area (Å²) in [6, 6.07) is 0.719. The van der Waals surface area contributed by atoms with Gasteiger partial charge in [0.1, 0.15) is 0 Å². The summed E-state index contributed by atoms with van der Waals surface area (Å²) in [6.07, 6.45) is 2.06. The summed E-state index contributed by atoms with van der Waals surface area (Å²) >= 11 is 0. The lowest BCUT2D eigenvalue weighted by molar-refractivity contribution is -0.135. The first-order valence-corrected chi connectivity index (χ1v) is 14.8. The van der Waals surface area contributed by atoms with Gasteiger partial charge in [0.05, 0.1) is 0 Å². The summed E-state index contributed by atoms with van der Waals surface area (Å²) in [5.41, 5.74) is 0. The van der Waals surface area contributed by atoms with Gasteiger partial charge in [-0.1, -0.05) is 0 Å². The van der Waals surface area contributed by atoms with Crippen LogP contribution in [0.4, 0.5) is 0 Å². The normalized spacial score (nSPS) is 11.9. The molecule has 0 bridgehead atoms. The second-order valence-corrected chi connectivity index (χ2v) is 15.6. The minimum absolute atomic E-state index is 0.103. The predicted octanol–water partition coefficient (Wildman–Crippen LogP) is 2.06. The SMILES string of the molecule is CO[SiH](OC)OC.CO[Si](CCCCC(=O)O[Si](C)(C)C)(OC)OC. The van der Waals surface area contributed by atoms with E-state index in [0.717, 1.165) is 18.9 Å². The Labute approximate surface area is 156 Å². The summed E-state index contributed by atoms with van der Waals surface area (Å²) in [5, 5.41) is 0. The van der Waals surface area contributed by atoms with Crippen molar-refractivity contribution in [2.45, 2.75) is 44.9 Å². The van der Waals surface area contributed by atoms with Gasteiger partial charge in [-0.2, -0.15) is 0 Å². The van der Waals surface area contributed by atoms with E-state index in [2.05, 4.69) is 0 Å². The molecular formula is C14H36O8Si3. The second kappa shape index (κ2) is 15.0. The predicted molar refractivity (Wildman–Crippen MR) is 103 cm³/mol. The van der Waals surface area contributed by atoms with Gasteiger partial charge in [0, 0.05) is 55.1 Å². The fourth-order valence-electron chi connectivity index (χ4n) is 1.85. The van der Waals surface area contributed by atoms with Crippen molar-refractivity contribution in [3.05, 3.63) is 0 Å². The number of carbonyl (C=O) groups excluding carboxylic acids is 1. The molecule has 0 atom stereocenters. The lowest BCUT2D eigenvalue weighted by Gasteiger charge is -2.24. The summed E-state index contributed by atoms with van der Waals surface area (Å²) in [4.78, 5) is 11.5. The van der Waals surface area contributed by atoms with Gasteiger partial charge in [0.25, 0.3) is 5.97 Å². The zero-order valence-corrected chi connectivity index (χ0v) is 20.3. The largest absolute Gasteiger partial charge is 0.520 e. The van der Waals surface area contributed by atoms with Gasteiger partial charge in [0.2, 0.25) is 8.32 Å². The Morgan fingerprint density at radius 3 is 1.52 bits per heavy atom. The van der Waals surface area contributed by atoms with E-state index >= 15 is 0 Å². The lowest BCUT2D eigenvalue weighted by Crippen LogP contribution is -2.42. The van der Waals surface area contributed by atoms with Gasteiger partial charge in [-0.25, -0.2) is 0 Å². The molecule has 0 aromatic rings. The Kier molecular flexibility index (Phi) is 16.2. The van der Waals surface area contributed by atoms with Crippen LogP contribution in [0.3, 0.4) is 0 Å². The van der Waals surface area contributed by atoms with Crippen molar-refractivity contribution in [3.63, 3.8) is 0 Å².